The molecule has 0 unspecified atom stereocenters. The van der Waals surface area contributed by atoms with Crippen molar-refractivity contribution < 1.29 is 29.0 Å². The molecular weight excluding hydrogens is 570 g/mol. The number of aliphatic carboxylic acids is 2. The summed E-state index contributed by atoms with van der Waals surface area (Å²) in [4.78, 5) is 40.6. The lowest BCUT2D eigenvalue weighted by Gasteiger charge is -2.22. The van der Waals surface area contributed by atoms with Crippen molar-refractivity contribution in [2.24, 2.45) is 0 Å². The lowest BCUT2D eigenvalue weighted by molar-refractivity contribution is -0.134. The number of ether oxygens (including phenoxy) is 1. The number of thiophene rings is 1. The Labute approximate surface area is 251 Å². The Kier molecular flexibility index (Phi) is 9.15. The van der Waals surface area contributed by atoms with Crippen LogP contribution in [0.5, 0.6) is 0 Å². The predicted octanol–water partition coefficient (Wildman–Crippen LogP) is 5.49. The maximum absolute atomic E-state index is 13.4. The number of nitrogens with zero attached hydrogens (tertiary/aromatic N) is 3. The third-order valence-corrected chi connectivity index (χ3v) is 8.35. The highest BCUT2D eigenvalue weighted by Crippen LogP contribution is 2.31. The molecule has 0 radical (unpaired) electrons. The van der Waals surface area contributed by atoms with Crippen molar-refractivity contribution in [3.8, 4) is 16.1 Å². The number of aryl methyl sites for hydroxylation is 1. The third-order valence-electron chi connectivity index (χ3n) is 7.19. The second-order valence-corrected chi connectivity index (χ2v) is 11.3. The van der Waals surface area contributed by atoms with Gasteiger partial charge < -0.3 is 19.4 Å². The summed E-state index contributed by atoms with van der Waals surface area (Å²) in [7, 11) is 1.76. The summed E-state index contributed by atoms with van der Waals surface area (Å²) in [6.07, 6.45) is 5.08. The third kappa shape index (κ3) is 7.08. The van der Waals surface area contributed by atoms with E-state index in [-0.39, 0.29) is 5.56 Å². The van der Waals surface area contributed by atoms with Crippen molar-refractivity contribution in [2.75, 3.05) is 20.3 Å². The SMILES string of the molecule is COC[C@H]1CCCN1Cc1cc2cc(-n3cnc4cc(-c5ccc(C)cc5)sc4c3=O)ccc2o1.O=C(O)C=CC(=O)O. The molecule has 1 aliphatic heterocycles. The van der Waals surface area contributed by atoms with Gasteiger partial charge in [0.05, 0.1) is 24.4 Å². The summed E-state index contributed by atoms with van der Waals surface area (Å²) in [6, 6.07) is 18.7. The van der Waals surface area contributed by atoms with E-state index in [1.54, 1.807) is 18.0 Å². The molecule has 222 valence electrons. The number of carboxylic acid groups (broad SMARTS) is 2. The Morgan fingerprint density at radius 3 is 2.53 bits per heavy atom. The van der Waals surface area contributed by atoms with E-state index in [1.807, 2.05) is 24.3 Å². The number of methoxy groups -OCH3 is 1. The standard InChI is InChI=1S/C28H27N3O3S.C4H4O4/c1-18-5-7-19(8-6-18)26-14-24-27(35-26)28(32)31(17-29-24)21-9-10-25-20(12-21)13-23(34-25)15-30-11-3-4-22(30)16-33-2;5-3(6)1-2-4(7)8/h5-10,12-14,17,22H,3-4,11,15-16H2,1-2H3;1-2H,(H,5,6)(H,7,8)/t22-;/m1./s1. The normalized spacial score (nSPS) is 15.3. The maximum atomic E-state index is 13.4. The van der Waals surface area contributed by atoms with Crippen molar-refractivity contribution in [2.45, 2.75) is 32.4 Å². The molecule has 2 N–H and O–H groups in total. The molecule has 5 aromatic rings. The number of fused-ring (bicyclic) bond motifs is 2. The van der Waals surface area contributed by atoms with Crippen molar-refractivity contribution >= 4 is 44.5 Å². The average Bonchev–Trinajstić information content (AvgIpc) is 3.72. The van der Waals surface area contributed by atoms with Gasteiger partial charge in [-0.15, -0.1) is 11.3 Å². The number of furan rings is 1. The second kappa shape index (κ2) is 13.2. The van der Waals surface area contributed by atoms with Crippen LogP contribution in [0, 0.1) is 6.92 Å². The van der Waals surface area contributed by atoms with Gasteiger partial charge in [-0.3, -0.25) is 14.3 Å². The quantitative estimate of drug-likeness (QED) is 0.221. The smallest absolute Gasteiger partial charge is 0.328 e. The van der Waals surface area contributed by atoms with E-state index in [9.17, 15) is 14.4 Å². The van der Waals surface area contributed by atoms with Crippen LogP contribution in [0.3, 0.4) is 0 Å². The number of hydrogen-bond acceptors (Lipinski definition) is 8. The van der Waals surface area contributed by atoms with E-state index in [0.29, 0.717) is 22.9 Å². The molecule has 1 fully saturated rings. The number of aromatic nitrogens is 2. The molecule has 0 saturated carbocycles. The first kappa shape index (κ1) is 29.9. The summed E-state index contributed by atoms with van der Waals surface area (Å²) < 4.78 is 13.8. The second-order valence-electron chi connectivity index (χ2n) is 10.3. The van der Waals surface area contributed by atoms with Crippen LogP contribution in [-0.4, -0.2) is 62.9 Å². The minimum atomic E-state index is -1.26. The van der Waals surface area contributed by atoms with Crippen molar-refractivity contribution in [1.82, 2.24) is 14.5 Å². The van der Waals surface area contributed by atoms with E-state index in [1.165, 1.54) is 23.3 Å². The topological polar surface area (TPSA) is 135 Å². The first-order valence-electron chi connectivity index (χ1n) is 13.7. The van der Waals surface area contributed by atoms with E-state index >= 15 is 0 Å². The Bertz CT molecular complexity index is 1840. The van der Waals surface area contributed by atoms with Gasteiger partial charge in [-0.2, -0.15) is 0 Å². The van der Waals surface area contributed by atoms with E-state index < -0.39 is 11.9 Å². The van der Waals surface area contributed by atoms with E-state index in [2.05, 4.69) is 47.1 Å². The van der Waals surface area contributed by atoms with Crippen LogP contribution in [0.15, 0.2) is 82.3 Å². The lowest BCUT2D eigenvalue weighted by Crippen LogP contribution is -2.32. The Balaban J connectivity index is 0.000000407. The fourth-order valence-corrected chi connectivity index (χ4v) is 6.14. The Hall–Kier alpha value is -4.58. The number of carboxylic acids is 2. The van der Waals surface area contributed by atoms with Gasteiger partial charge in [0.1, 0.15) is 22.4 Å². The fourth-order valence-electron chi connectivity index (χ4n) is 5.10. The molecule has 0 spiro atoms. The molecule has 6 rings (SSSR count). The summed E-state index contributed by atoms with van der Waals surface area (Å²) in [5.41, 5.74) is 4.60. The van der Waals surface area contributed by atoms with Gasteiger partial charge in [0.15, 0.2) is 0 Å². The highest BCUT2D eigenvalue weighted by Gasteiger charge is 2.25. The van der Waals surface area contributed by atoms with Crippen LogP contribution in [0.1, 0.15) is 24.2 Å². The van der Waals surface area contributed by atoms with Crippen LogP contribution in [-0.2, 0) is 20.9 Å². The number of rotatable bonds is 8. The van der Waals surface area contributed by atoms with Crippen molar-refractivity contribution in [1.29, 1.82) is 0 Å². The first-order chi connectivity index (χ1) is 20.7. The van der Waals surface area contributed by atoms with E-state index in [0.717, 1.165) is 64.5 Å². The summed E-state index contributed by atoms with van der Waals surface area (Å²) in [6.45, 7) is 4.64. The average molecular weight is 602 g/mol. The summed E-state index contributed by atoms with van der Waals surface area (Å²) >= 11 is 1.49. The Morgan fingerprint density at radius 2 is 1.84 bits per heavy atom. The minimum absolute atomic E-state index is 0.0547. The van der Waals surface area contributed by atoms with E-state index in [4.69, 9.17) is 19.4 Å². The van der Waals surface area contributed by atoms with Crippen LogP contribution in [0.25, 0.3) is 37.3 Å². The molecule has 4 heterocycles. The number of carbonyl (C=O) groups is 2. The highest BCUT2D eigenvalue weighted by atomic mass is 32.1. The maximum Gasteiger partial charge on any atom is 0.328 e. The van der Waals surface area contributed by atoms with Gasteiger partial charge in [-0.05, 0) is 62.2 Å². The first-order valence-corrected chi connectivity index (χ1v) is 14.5. The van der Waals surface area contributed by atoms with Gasteiger partial charge >= 0.3 is 11.9 Å². The molecule has 11 heteroatoms. The summed E-state index contributed by atoms with van der Waals surface area (Å²) in [5, 5.41) is 16.6. The number of hydrogen-bond donors (Lipinski definition) is 2. The number of likely N-dealkylation sites (tertiary alicyclic amines) is 1. The number of benzene rings is 2. The van der Waals surface area contributed by atoms with Gasteiger partial charge in [-0.1, -0.05) is 29.8 Å². The predicted molar refractivity (Wildman–Crippen MR) is 165 cm³/mol. The molecule has 0 aliphatic carbocycles. The van der Waals surface area contributed by atoms with Crippen LogP contribution in [0.4, 0.5) is 0 Å². The van der Waals surface area contributed by atoms with Gasteiger partial charge in [0.2, 0.25) is 0 Å². The fraction of sp³-hybridized carbons (Fsp3) is 0.250. The van der Waals surface area contributed by atoms with Crippen LogP contribution < -0.4 is 5.56 Å². The van der Waals surface area contributed by atoms with Gasteiger partial charge in [0, 0.05) is 35.6 Å². The molecule has 10 nitrogen and oxygen atoms in total. The van der Waals surface area contributed by atoms with Crippen molar-refractivity contribution in [3.05, 3.63) is 94.8 Å². The monoisotopic (exact) mass is 601 g/mol. The van der Waals surface area contributed by atoms with Crippen molar-refractivity contribution in [3.63, 3.8) is 0 Å². The van der Waals surface area contributed by atoms with Crippen LogP contribution >= 0.6 is 11.3 Å². The molecule has 0 amide bonds. The summed E-state index contributed by atoms with van der Waals surface area (Å²) in [5.74, 6) is -1.58. The molecule has 1 aliphatic rings. The van der Waals surface area contributed by atoms with Crippen LogP contribution in [0.2, 0.25) is 0 Å². The Morgan fingerprint density at radius 1 is 1.09 bits per heavy atom. The zero-order valence-electron chi connectivity index (χ0n) is 23.7. The highest BCUT2D eigenvalue weighted by molar-refractivity contribution is 7.22. The lowest BCUT2D eigenvalue weighted by atomic mass is 10.1. The molecular formula is C32H31N3O7S. The van der Waals surface area contributed by atoms with Gasteiger partial charge in [-0.25, -0.2) is 14.6 Å². The molecule has 43 heavy (non-hydrogen) atoms. The largest absolute Gasteiger partial charge is 0.478 e. The molecule has 2 aromatic carbocycles. The zero-order chi connectivity index (χ0) is 30.5. The molecule has 1 atom stereocenters. The molecule has 1 saturated heterocycles. The zero-order valence-corrected chi connectivity index (χ0v) is 24.5. The van der Waals surface area contributed by atoms with Gasteiger partial charge in [0.25, 0.3) is 5.56 Å². The minimum Gasteiger partial charge on any atom is -0.478 e. The molecule has 0 bridgehead atoms. The molecule has 3 aromatic heterocycles.